The highest BCUT2D eigenvalue weighted by molar-refractivity contribution is 8.00. The number of rotatable bonds is 3. The van der Waals surface area contributed by atoms with Crippen LogP contribution < -0.4 is 4.74 Å². The molecule has 2 unspecified atom stereocenters. The Balaban J connectivity index is 1.83. The fourth-order valence-electron chi connectivity index (χ4n) is 3.43. The zero-order chi connectivity index (χ0) is 16.9. The van der Waals surface area contributed by atoms with Crippen LogP contribution in [0.3, 0.4) is 0 Å². The van der Waals surface area contributed by atoms with E-state index in [1.54, 1.807) is 10.4 Å². The molecule has 4 rings (SSSR count). The highest BCUT2D eigenvalue weighted by Gasteiger charge is 2.45. The number of carbonyl (C=O) groups excluding carboxylic acids is 1. The standard InChI is InChI=1S/C17H17NO4S2/c1-11(19)22-17-8-15(6-12-4-2-3-5-16(12)17)24(20,21)18-9-14-7-13(18)10-23-14/h2-6,8,13-14H,7,9-10H2,1H3. The highest BCUT2D eigenvalue weighted by Crippen LogP contribution is 2.41. The van der Waals surface area contributed by atoms with E-state index in [1.807, 2.05) is 36.0 Å². The maximum absolute atomic E-state index is 13.1. The van der Waals surface area contributed by atoms with Crippen molar-refractivity contribution in [3.8, 4) is 5.75 Å². The van der Waals surface area contributed by atoms with Crippen LogP contribution in [-0.2, 0) is 14.8 Å². The van der Waals surface area contributed by atoms with Crippen LogP contribution >= 0.6 is 11.8 Å². The van der Waals surface area contributed by atoms with Crippen molar-refractivity contribution in [1.29, 1.82) is 0 Å². The summed E-state index contributed by atoms with van der Waals surface area (Å²) in [6.45, 7) is 1.87. The Kier molecular flexibility index (Phi) is 3.82. The number of sulfonamides is 1. The molecule has 126 valence electrons. The quantitative estimate of drug-likeness (QED) is 0.620. The van der Waals surface area contributed by atoms with Crippen molar-refractivity contribution in [2.45, 2.75) is 29.5 Å². The third kappa shape index (κ3) is 2.60. The predicted molar refractivity (Wildman–Crippen MR) is 93.8 cm³/mol. The molecule has 2 aliphatic rings. The fourth-order valence-corrected chi connectivity index (χ4v) is 6.79. The minimum atomic E-state index is -3.59. The lowest BCUT2D eigenvalue weighted by molar-refractivity contribution is -0.131. The SMILES string of the molecule is CC(=O)Oc1cc(S(=O)(=O)N2CC3CC2CS3)cc2ccccc12. The van der Waals surface area contributed by atoms with Crippen LogP contribution in [0.2, 0.25) is 0 Å². The number of benzene rings is 2. The van der Waals surface area contributed by atoms with Gasteiger partial charge in [0.15, 0.2) is 0 Å². The molecule has 2 heterocycles. The summed E-state index contributed by atoms with van der Waals surface area (Å²) in [6, 6.07) is 10.5. The van der Waals surface area contributed by atoms with E-state index in [4.69, 9.17) is 4.74 Å². The van der Waals surface area contributed by atoms with Gasteiger partial charge in [-0.2, -0.15) is 16.1 Å². The summed E-state index contributed by atoms with van der Waals surface area (Å²) in [5, 5.41) is 1.87. The van der Waals surface area contributed by atoms with Crippen LogP contribution in [0.25, 0.3) is 10.8 Å². The highest BCUT2D eigenvalue weighted by atomic mass is 32.2. The molecule has 5 nitrogen and oxygen atoms in total. The molecule has 0 aliphatic carbocycles. The Morgan fingerprint density at radius 1 is 1.29 bits per heavy atom. The van der Waals surface area contributed by atoms with E-state index in [1.165, 1.54) is 13.0 Å². The minimum absolute atomic E-state index is 0.0774. The Morgan fingerprint density at radius 2 is 2.08 bits per heavy atom. The summed E-state index contributed by atoms with van der Waals surface area (Å²) < 4.78 is 33.0. The molecular weight excluding hydrogens is 346 g/mol. The van der Waals surface area contributed by atoms with Gasteiger partial charge < -0.3 is 4.74 Å². The molecule has 2 aromatic rings. The number of carbonyl (C=O) groups is 1. The first kappa shape index (κ1) is 15.9. The van der Waals surface area contributed by atoms with Gasteiger partial charge in [0.1, 0.15) is 5.75 Å². The van der Waals surface area contributed by atoms with Gasteiger partial charge >= 0.3 is 5.97 Å². The smallest absolute Gasteiger partial charge is 0.308 e. The fraction of sp³-hybridized carbons (Fsp3) is 0.353. The first-order valence-corrected chi connectivity index (χ1v) is 10.3. The number of fused-ring (bicyclic) bond motifs is 3. The first-order chi connectivity index (χ1) is 11.4. The van der Waals surface area contributed by atoms with E-state index in [-0.39, 0.29) is 16.7 Å². The number of nitrogens with zero attached hydrogens (tertiary/aromatic N) is 1. The molecule has 0 aromatic heterocycles. The molecule has 2 fully saturated rings. The maximum Gasteiger partial charge on any atom is 0.308 e. The largest absolute Gasteiger partial charge is 0.426 e. The van der Waals surface area contributed by atoms with E-state index in [9.17, 15) is 13.2 Å². The summed E-state index contributed by atoms with van der Waals surface area (Å²) in [4.78, 5) is 11.6. The van der Waals surface area contributed by atoms with Crippen molar-refractivity contribution in [3.63, 3.8) is 0 Å². The summed E-state index contributed by atoms with van der Waals surface area (Å²) in [6.07, 6.45) is 0.925. The minimum Gasteiger partial charge on any atom is -0.426 e. The zero-order valence-corrected chi connectivity index (χ0v) is 14.8. The van der Waals surface area contributed by atoms with Crippen LogP contribution in [-0.4, -0.2) is 42.3 Å². The predicted octanol–water partition coefficient (Wildman–Crippen LogP) is 2.64. The molecule has 7 heteroatoms. The number of esters is 1. The normalized spacial score (nSPS) is 23.7. The van der Waals surface area contributed by atoms with E-state index in [0.29, 0.717) is 11.8 Å². The first-order valence-electron chi connectivity index (χ1n) is 7.80. The van der Waals surface area contributed by atoms with Gasteiger partial charge in [-0.05, 0) is 17.9 Å². The maximum atomic E-state index is 13.1. The van der Waals surface area contributed by atoms with Gasteiger partial charge in [0.25, 0.3) is 0 Å². The van der Waals surface area contributed by atoms with Gasteiger partial charge in [-0.15, -0.1) is 0 Å². The summed E-state index contributed by atoms with van der Waals surface area (Å²) in [5.41, 5.74) is 0. The van der Waals surface area contributed by atoms with Crippen LogP contribution in [0.4, 0.5) is 0 Å². The third-order valence-corrected chi connectivity index (χ3v) is 7.79. The van der Waals surface area contributed by atoms with Gasteiger partial charge in [0.2, 0.25) is 10.0 Å². The Bertz CT molecular complexity index is 925. The molecular formula is C17H17NO4S2. The van der Waals surface area contributed by atoms with E-state index < -0.39 is 16.0 Å². The second-order valence-corrected chi connectivity index (χ2v) is 9.38. The second kappa shape index (κ2) is 5.75. The van der Waals surface area contributed by atoms with Crippen molar-refractivity contribution in [1.82, 2.24) is 4.31 Å². The van der Waals surface area contributed by atoms with Gasteiger partial charge in [0.05, 0.1) is 4.90 Å². The molecule has 2 atom stereocenters. The van der Waals surface area contributed by atoms with E-state index in [0.717, 1.165) is 22.9 Å². The van der Waals surface area contributed by atoms with Crippen LogP contribution in [0.15, 0.2) is 41.3 Å². The van der Waals surface area contributed by atoms with Crippen molar-refractivity contribution in [2.24, 2.45) is 0 Å². The third-order valence-electron chi connectivity index (χ3n) is 4.51. The van der Waals surface area contributed by atoms with E-state index in [2.05, 4.69) is 0 Å². The molecule has 2 aliphatic heterocycles. The zero-order valence-electron chi connectivity index (χ0n) is 13.1. The summed E-state index contributed by atoms with van der Waals surface area (Å²) in [7, 11) is -3.59. The number of ether oxygens (including phenoxy) is 1. The number of hydrogen-bond donors (Lipinski definition) is 0. The van der Waals surface area contributed by atoms with Gasteiger partial charge in [-0.25, -0.2) is 8.42 Å². The van der Waals surface area contributed by atoms with Crippen molar-refractivity contribution in [2.75, 3.05) is 12.3 Å². The Morgan fingerprint density at radius 3 is 2.75 bits per heavy atom. The molecule has 0 N–H and O–H groups in total. The Labute approximate surface area is 145 Å². The van der Waals surface area contributed by atoms with Gasteiger partial charge in [-0.1, -0.05) is 24.3 Å². The molecule has 0 saturated carbocycles. The molecule has 2 bridgehead atoms. The molecule has 0 amide bonds. The molecule has 24 heavy (non-hydrogen) atoms. The molecule has 2 saturated heterocycles. The molecule has 0 radical (unpaired) electrons. The average Bonchev–Trinajstić information content (AvgIpc) is 3.17. The number of hydrogen-bond acceptors (Lipinski definition) is 5. The summed E-state index contributed by atoms with van der Waals surface area (Å²) >= 11 is 1.85. The number of thioether (sulfide) groups is 1. The average molecular weight is 363 g/mol. The topological polar surface area (TPSA) is 63.7 Å². The lowest BCUT2D eigenvalue weighted by Crippen LogP contribution is -2.39. The lowest BCUT2D eigenvalue weighted by Gasteiger charge is -2.26. The van der Waals surface area contributed by atoms with E-state index >= 15 is 0 Å². The van der Waals surface area contributed by atoms with Crippen molar-refractivity contribution >= 4 is 38.5 Å². The van der Waals surface area contributed by atoms with Crippen molar-refractivity contribution < 1.29 is 17.9 Å². The van der Waals surface area contributed by atoms with Crippen LogP contribution in [0.1, 0.15) is 13.3 Å². The molecule has 2 aromatic carbocycles. The van der Waals surface area contributed by atoms with Crippen LogP contribution in [0, 0.1) is 0 Å². The summed E-state index contributed by atoms with van der Waals surface area (Å²) in [5.74, 6) is 0.679. The molecule has 0 spiro atoms. The van der Waals surface area contributed by atoms with Gasteiger partial charge in [0, 0.05) is 42.0 Å². The lowest BCUT2D eigenvalue weighted by atomic mass is 10.1. The van der Waals surface area contributed by atoms with Crippen molar-refractivity contribution in [3.05, 3.63) is 36.4 Å². The van der Waals surface area contributed by atoms with Crippen LogP contribution in [0.5, 0.6) is 5.75 Å². The monoisotopic (exact) mass is 363 g/mol. The Hall–Kier alpha value is -1.57. The van der Waals surface area contributed by atoms with Gasteiger partial charge in [-0.3, -0.25) is 4.79 Å². The second-order valence-electron chi connectivity index (χ2n) is 6.16.